The van der Waals surface area contributed by atoms with Crippen molar-refractivity contribution in [1.29, 1.82) is 0 Å². The van der Waals surface area contributed by atoms with Crippen LogP contribution in [-0.2, 0) is 14.3 Å². The number of hydrogen-bond acceptors (Lipinski definition) is 5. The first-order valence-electron chi connectivity index (χ1n) is 35.6. The van der Waals surface area contributed by atoms with E-state index in [0.29, 0.717) is 19.4 Å². The van der Waals surface area contributed by atoms with Crippen molar-refractivity contribution in [2.45, 2.75) is 411 Å². The highest BCUT2D eigenvalue weighted by molar-refractivity contribution is 5.76. The van der Waals surface area contributed by atoms with Crippen molar-refractivity contribution < 1.29 is 24.5 Å². The minimum Gasteiger partial charge on any atom is -0.466 e. The second-order valence-electron chi connectivity index (χ2n) is 24.6. The number of rotatable bonds is 67. The van der Waals surface area contributed by atoms with Crippen LogP contribution in [-0.4, -0.2) is 47.4 Å². The van der Waals surface area contributed by atoms with Gasteiger partial charge in [0.15, 0.2) is 0 Å². The summed E-state index contributed by atoms with van der Waals surface area (Å²) in [5.41, 5.74) is 0. The molecule has 3 N–H and O–H groups in total. The number of carbonyl (C=O) groups is 2. The summed E-state index contributed by atoms with van der Waals surface area (Å²) in [4.78, 5) is 24.6. The van der Waals surface area contributed by atoms with Gasteiger partial charge in [0, 0.05) is 12.8 Å². The molecular formula is C72H139NO5. The molecule has 0 aliphatic heterocycles. The Morgan fingerprint density at radius 2 is 0.603 bits per heavy atom. The lowest BCUT2D eigenvalue weighted by atomic mass is 10.0. The number of unbranched alkanes of at least 4 members (excludes halogenated alkanes) is 54. The molecule has 0 aromatic heterocycles. The van der Waals surface area contributed by atoms with Crippen LogP contribution in [0.4, 0.5) is 0 Å². The van der Waals surface area contributed by atoms with E-state index in [-0.39, 0.29) is 18.5 Å². The van der Waals surface area contributed by atoms with Crippen molar-refractivity contribution in [3.05, 3.63) is 24.3 Å². The van der Waals surface area contributed by atoms with E-state index in [4.69, 9.17) is 4.74 Å². The molecule has 0 rings (SSSR count). The maximum absolute atomic E-state index is 12.5. The zero-order chi connectivity index (χ0) is 56.4. The first kappa shape index (κ1) is 76.3. The molecule has 0 aliphatic rings. The summed E-state index contributed by atoms with van der Waals surface area (Å²) in [6, 6.07) is -0.636. The SMILES string of the molecule is CCCCCCCCCCCCCCCCCCCCCCCC/C=C/C(O)C(CO)NC(=O)CCCCCCCCC/C=C\CCCCCCCCCCCOC(=O)CCCCCCCCCCCCCCCCCCC. The number of esters is 1. The summed E-state index contributed by atoms with van der Waals surface area (Å²) in [5.74, 6) is -0.0617. The van der Waals surface area contributed by atoms with Crippen molar-refractivity contribution in [2.75, 3.05) is 13.2 Å². The van der Waals surface area contributed by atoms with Crippen LogP contribution < -0.4 is 5.32 Å². The van der Waals surface area contributed by atoms with Gasteiger partial charge < -0.3 is 20.3 Å². The third-order valence-electron chi connectivity index (χ3n) is 16.7. The molecule has 0 spiro atoms. The van der Waals surface area contributed by atoms with Crippen LogP contribution in [0.3, 0.4) is 0 Å². The fraction of sp³-hybridized carbons (Fsp3) is 0.917. The van der Waals surface area contributed by atoms with E-state index < -0.39 is 12.1 Å². The topological polar surface area (TPSA) is 95.9 Å². The summed E-state index contributed by atoms with van der Waals surface area (Å²) >= 11 is 0. The van der Waals surface area contributed by atoms with Crippen molar-refractivity contribution in [3.63, 3.8) is 0 Å². The van der Waals surface area contributed by atoms with Gasteiger partial charge in [-0.05, 0) is 57.8 Å². The lowest BCUT2D eigenvalue weighted by Crippen LogP contribution is -2.45. The Kier molecular flexibility index (Phi) is 66.4. The van der Waals surface area contributed by atoms with E-state index in [9.17, 15) is 19.8 Å². The standard InChI is InChI=1S/C72H139NO5/c1-3-5-7-9-11-13-15-17-19-21-22-23-24-25-26-29-33-36-40-44-48-52-56-60-64-70(75)69(68-74)73-71(76)65-61-57-53-49-45-41-37-34-30-27-28-31-35-39-43-47-51-55-59-63-67-78-72(77)66-62-58-54-50-46-42-38-32-20-18-16-14-12-10-8-6-4-2/h27,30,60,64,69-70,74-75H,3-26,28-29,31-59,61-63,65-68H2,1-2H3,(H,73,76)/b30-27-,64-60+. The van der Waals surface area contributed by atoms with Crippen LogP contribution in [0.1, 0.15) is 399 Å². The van der Waals surface area contributed by atoms with Crippen LogP contribution in [0.2, 0.25) is 0 Å². The molecular weight excluding hydrogens is 959 g/mol. The summed E-state index contributed by atoms with van der Waals surface area (Å²) in [6.45, 7) is 4.94. The van der Waals surface area contributed by atoms with Crippen molar-refractivity contribution >= 4 is 11.9 Å². The molecule has 0 fully saturated rings. The van der Waals surface area contributed by atoms with Gasteiger partial charge in [-0.3, -0.25) is 9.59 Å². The molecule has 78 heavy (non-hydrogen) atoms. The highest BCUT2D eigenvalue weighted by Gasteiger charge is 2.18. The zero-order valence-electron chi connectivity index (χ0n) is 52.9. The minimum absolute atomic E-state index is 0.0105. The molecule has 6 nitrogen and oxygen atoms in total. The summed E-state index contributed by atoms with van der Waals surface area (Å²) in [5, 5.41) is 23.3. The average Bonchev–Trinajstić information content (AvgIpc) is 3.44. The van der Waals surface area contributed by atoms with Gasteiger partial charge in [-0.1, -0.05) is 353 Å². The highest BCUT2D eigenvalue weighted by Crippen LogP contribution is 2.19. The number of amides is 1. The van der Waals surface area contributed by atoms with Crippen LogP contribution in [0, 0.1) is 0 Å². The van der Waals surface area contributed by atoms with Gasteiger partial charge in [-0.2, -0.15) is 0 Å². The van der Waals surface area contributed by atoms with Gasteiger partial charge in [0.2, 0.25) is 5.91 Å². The Morgan fingerprint density at radius 1 is 0.346 bits per heavy atom. The van der Waals surface area contributed by atoms with Gasteiger partial charge in [-0.15, -0.1) is 0 Å². The van der Waals surface area contributed by atoms with Gasteiger partial charge in [0.25, 0.3) is 0 Å². The Morgan fingerprint density at radius 3 is 0.910 bits per heavy atom. The Hall–Kier alpha value is -1.66. The lowest BCUT2D eigenvalue weighted by molar-refractivity contribution is -0.143. The van der Waals surface area contributed by atoms with Crippen LogP contribution in [0.5, 0.6) is 0 Å². The molecule has 0 aromatic rings. The van der Waals surface area contributed by atoms with Gasteiger partial charge >= 0.3 is 5.97 Å². The third-order valence-corrected chi connectivity index (χ3v) is 16.7. The zero-order valence-corrected chi connectivity index (χ0v) is 52.9. The van der Waals surface area contributed by atoms with Crippen molar-refractivity contribution in [1.82, 2.24) is 5.32 Å². The number of aliphatic hydroxyl groups excluding tert-OH is 2. The van der Waals surface area contributed by atoms with Gasteiger partial charge in [-0.25, -0.2) is 0 Å². The minimum atomic E-state index is -0.851. The molecule has 2 unspecified atom stereocenters. The first-order chi connectivity index (χ1) is 38.5. The molecule has 0 saturated carbocycles. The molecule has 0 aliphatic carbocycles. The molecule has 6 heteroatoms. The Bertz CT molecular complexity index is 1220. The van der Waals surface area contributed by atoms with E-state index >= 15 is 0 Å². The molecule has 0 saturated heterocycles. The normalized spacial score (nSPS) is 12.6. The summed E-state index contributed by atoms with van der Waals surface area (Å²) < 4.78 is 5.50. The molecule has 1 amide bonds. The Balaban J connectivity index is 3.44. The fourth-order valence-corrected chi connectivity index (χ4v) is 11.3. The van der Waals surface area contributed by atoms with Crippen LogP contribution in [0.15, 0.2) is 24.3 Å². The summed E-state index contributed by atoms with van der Waals surface area (Å²) in [7, 11) is 0. The number of ether oxygens (including phenoxy) is 1. The molecule has 0 radical (unpaired) electrons. The van der Waals surface area contributed by atoms with E-state index in [1.165, 1.54) is 327 Å². The van der Waals surface area contributed by atoms with Crippen molar-refractivity contribution in [2.24, 2.45) is 0 Å². The van der Waals surface area contributed by atoms with Gasteiger partial charge in [0.1, 0.15) is 0 Å². The highest BCUT2D eigenvalue weighted by atomic mass is 16.5. The van der Waals surface area contributed by atoms with E-state index in [0.717, 1.165) is 44.9 Å². The number of nitrogens with one attached hydrogen (secondary N) is 1. The molecule has 0 aromatic carbocycles. The molecule has 0 heterocycles. The van der Waals surface area contributed by atoms with Crippen LogP contribution >= 0.6 is 0 Å². The molecule has 0 bridgehead atoms. The summed E-state index contributed by atoms with van der Waals surface area (Å²) in [6.07, 6.45) is 85.4. The maximum atomic E-state index is 12.5. The van der Waals surface area contributed by atoms with E-state index in [1.807, 2.05) is 6.08 Å². The van der Waals surface area contributed by atoms with Crippen molar-refractivity contribution in [3.8, 4) is 0 Å². The number of hydrogen-bond donors (Lipinski definition) is 3. The number of allylic oxidation sites excluding steroid dienone is 3. The van der Waals surface area contributed by atoms with E-state index in [2.05, 4.69) is 31.3 Å². The monoisotopic (exact) mass is 1100 g/mol. The van der Waals surface area contributed by atoms with E-state index in [1.54, 1.807) is 6.08 Å². The maximum Gasteiger partial charge on any atom is 0.305 e. The second-order valence-corrected chi connectivity index (χ2v) is 24.6. The molecule has 2 atom stereocenters. The van der Waals surface area contributed by atoms with Gasteiger partial charge in [0.05, 0.1) is 25.4 Å². The predicted molar refractivity (Wildman–Crippen MR) is 343 cm³/mol. The quantitative estimate of drug-likeness (QED) is 0.0320. The predicted octanol–water partition coefficient (Wildman–Crippen LogP) is 22.9. The largest absolute Gasteiger partial charge is 0.466 e. The number of aliphatic hydroxyl groups is 2. The third kappa shape index (κ3) is 63.5. The van der Waals surface area contributed by atoms with Crippen LogP contribution in [0.25, 0.3) is 0 Å². The first-order valence-corrected chi connectivity index (χ1v) is 35.6. The average molecular weight is 1100 g/mol. The second kappa shape index (κ2) is 67.8. The fourth-order valence-electron chi connectivity index (χ4n) is 11.3. The Labute approximate surface area is 488 Å². The smallest absolute Gasteiger partial charge is 0.305 e. The number of carbonyl (C=O) groups excluding carboxylic acids is 2. The molecule has 462 valence electrons. The lowest BCUT2D eigenvalue weighted by Gasteiger charge is -2.20.